The molecular weight excluding hydrogens is 403 g/mol. The topological polar surface area (TPSA) is 66.5 Å². The first kappa shape index (κ1) is 23.9. The molecule has 0 spiro atoms. The molecule has 1 atom stereocenters. The SMILES string of the molecule is CC[C@@H](C(=O)NCCCc1ccc(C(C)C)cc1)N(c1ccc(F)cc1)S(C)(=O)=O. The number of anilines is 1. The van der Waals surface area contributed by atoms with Crippen LogP contribution >= 0.6 is 0 Å². The second-order valence-corrected chi connectivity index (χ2v) is 9.61. The van der Waals surface area contributed by atoms with Crippen LogP contribution in [0.15, 0.2) is 48.5 Å². The molecule has 0 bridgehead atoms. The molecule has 0 radical (unpaired) electrons. The lowest BCUT2D eigenvalue weighted by Gasteiger charge is -2.30. The number of carbonyl (C=O) groups is 1. The van der Waals surface area contributed by atoms with Crippen LogP contribution in [0.25, 0.3) is 0 Å². The average molecular weight is 435 g/mol. The van der Waals surface area contributed by atoms with E-state index in [-0.39, 0.29) is 11.6 Å². The molecule has 0 saturated carbocycles. The highest BCUT2D eigenvalue weighted by Gasteiger charge is 2.31. The number of halogens is 1. The van der Waals surface area contributed by atoms with Gasteiger partial charge in [0.2, 0.25) is 15.9 Å². The number of amides is 1. The number of sulfonamides is 1. The van der Waals surface area contributed by atoms with Gasteiger partial charge in [-0.25, -0.2) is 12.8 Å². The van der Waals surface area contributed by atoms with E-state index < -0.39 is 21.9 Å². The van der Waals surface area contributed by atoms with Gasteiger partial charge in [0.05, 0.1) is 11.9 Å². The van der Waals surface area contributed by atoms with E-state index in [1.54, 1.807) is 6.92 Å². The summed E-state index contributed by atoms with van der Waals surface area (Å²) in [6, 6.07) is 12.7. The Hall–Kier alpha value is -2.41. The Kier molecular flexibility index (Phi) is 8.41. The van der Waals surface area contributed by atoms with Gasteiger partial charge in [-0.05, 0) is 60.6 Å². The standard InChI is InChI=1S/C23H31FN2O3S/c1-5-22(26(30(4,28)29)21-14-12-20(24)13-15-21)23(27)25-16-6-7-18-8-10-19(11-9-18)17(2)3/h8-15,17,22H,5-7,16H2,1-4H3,(H,25,27)/t22-/m0/s1. The van der Waals surface area contributed by atoms with E-state index in [0.29, 0.717) is 18.9 Å². The highest BCUT2D eigenvalue weighted by molar-refractivity contribution is 7.92. The highest BCUT2D eigenvalue weighted by Crippen LogP contribution is 2.23. The quantitative estimate of drug-likeness (QED) is 0.569. The molecule has 0 aliphatic carbocycles. The first-order valence-corrected chi connectivity index (χ1v) is 12.1. The van der Waals surface area contributed by atoms with Crippen LogP contribution in [0.2, 0.25) is 0 Å². The number of carbonyl (C=O) groups excluding carboxylic acids is 1. The van der Waals surface area contributed by atoms with Crippen molar-refractivity contribution in [2.45, 2.75) is 52.0 Å². The number of aryl methyl sites for hydroxylation is 1. The number of nitrogens with zero attached hydrogens (tertiary/aromatic N) is 1. The summed E-state index contributed by atoms with van der Waals surface area (Å²) in [7, 11) is -3.72. The van der Waals surface area contributed by atoms with E-state index in [4.69, 9.17) is 0 Å². The summed E-state index contributed by atoms with van der Waals surface area (Å²) in [6.45, 7) is 6.51. The van der Waals surface area contributed by atoms with Crippen molar-refractivity contribution >= 4 is 21.6 Å². The number of benzene rings is 2. The molecule has 7 heteroatoms. The van der Waals surface area contributed by atoms with Gasteiger partial charge in [0.25, 0.3) is 0 Å². The van der Waals surface area contributed by atoms with Crippen LogP contribution in [0.4, 0.5) is 10.1 Å². The third-order valence-electron chi connectivity index (χ3n) is 5.00. The number of hydrogen-bond acceptors (Lipinski definition) is 3. The second-order valence-electron chi connectivity index (χ2n) is 7.75. The van der Waals surface area contributed by atoms with Crippen molar-refractivity contribution in [3.63, 3.8) is 0 Å². The monoisotopic (exact) mass is 434 g/mol. The molecule has 30 heavy (non-hydrogen) atoms. The van der Waals surface area contributed by atoms with Gasteiger partial charge in [-0.15, -0.1) is 0 Å². The normalized spacial score (nSPS) is 12.6. The van der Waals surface area contributed by atoms with E-state index in [2.05, 4.69) is 43.4 Å². The molecule has 0 unspecified atom stereocenters. The average Bonchev–Trinajstić information content (AvgIpc) is 2.69. The van der Waals surface area contributed by atoms with E-state index in [1.165, 1.54) is 35.4 Å². The Morgan fingerprint density at radius 3 is 2.17 bits per heavy atom. The largest absolute Gasteiger partial charge is 0.354 e. The van der Waals surface area contributed by atoms with Crippen molar-refractivity contribution < 1.29 is 17.6 Å². The van der Waals surface area contributed by atoms with Crippen molar-refractivity contribution in [3.05, 3.63) is 65.5 Å². The smallest absolute Gasteiger partial charge is 0.243 e. The maximum Gasteiger partial charge on any atom is 0.243 e. The summed E-state index contributed by atoms with van der Waals surface area (Å²) in [6.07, 6.45) is 2.92. The lowest BCUT2D eigenvalue weighted by molar-refractivity contribution is -0.122. The predicted molar refractivity (Wildman–Crippen MR) is 120 cm³/mol. The Balaban J connectivity index is 1.99. The maximum absolute atomic E-state index is 13.2. The van der Waals surface area contributed by atoms with Gasteiger partial charge in [0.15, 0.2) is 0 Å². The molecule has 0 saturated heterocycles. The molecular formula is C23H31FN2O3S. The lowest BCUT2D eigenvalue weighted by Crippen LogP contribution is -2.49. The van der Waals surface area contributed by atoms with Gasteiger partial charge in [0, 0.05) is 6.54 Å². The van der Waals surface area contributed by atoms with E-state index >= 15 is 0 Å². The van der Waals surface area contributed by atoms with E-state index in [0.717, 1.165) is 23.4 Å². The van der Waals surface area contributed by atoms with Crippen molar-refractivity contribution in [1.29, 1.82) is 0 Å². The maximum atomic E-state index is 13.2. The zero-order valence-electron chi connectivity index (χ0n) is 18.1. The van der Waals surface area contributed by atoms with Gasteiger partial charge in [0.1, 0.15) is 11.9 Å². The molecule has 0 heterocycles. The highest BCUT2D eigenvalue weighted by atomic mass is 32.2. The molecule has 2 rings (SSSR count). The summed E-state index contributed by atoms with van der Waals surface area (Å²) >= 11 is 0. The fourth-order valence-electron chi connectivity index (χ4n) is 3.34. The summed E-state index contributed by atoms with van der Waals surface area (Å²) in [4.78, 5) is 12.7. The Bertz CT molecular complexity index is 926. The second kappa shape index (κ2) is 10.6. The lowest BCUT2D eigenvalue weighted by atomic mass is 10.0. The Morgan fingerprint density at radius 2 is 1.67 bits per heavy atom. The summed E-state index contributed by atoms with van der Waals surface area (Å²) in [5, 5.41) is 2.85. The van der Waals surface area contributed by atoms with Gasteiger partial charge >= 0.3 is 0 Å². The molecule has 2 aromatic carbocycles. The van der Waals surface area contributed by atoms with Crippen molar-refractivity contribution in [2.24, 2.45) is 0 Å². The van der Waals surface area contributed by atoms with Crippen LogP contribution in [0, 0.1) is 5.82 Å². The third kappa shape index (κ3) is 6.55. The molecule has 0 fully saturated rings. The van der Waals surface area contributed by atoms with Crippen LogP contribution in [-0.2, 0) is 21.2 Å². The zero-order valence-corrected chi connectivity index (χ0v) is 18.9. The molecule has 2 aromatic rings. The molecule has 0 aliphatic rings. The van der Waals surface area contributed by atoms with Crippen LogP contribution in [-0.4, -0.2) is 33.2 Å². The van der Waals surface area contributed by atoms with Gasteiger partial charge in [-0.1, -0.05) is 45.0 Å². The van der Waals surface area contributed by atoms with Crippen LogP contribution in [0.3, 0.4) is 0 Å². The number of nitrogens with one attached hydrogen (secondary N) is 1. The van der Waals surface area contributed by atoms with Gasteiger partial charge in [-0.3, -0.25) is 9.10 Å². The van der Waals surface area contributed by atoms with E-state index in [9.17, 15) is 17.6 Å². The number of hydrogen-bond donors (Lipinski definition) is 1. The van der Waals surface area contributed by atoms with Crippen molar-refractivity contribution in [3.8, 4) is 0 Å². The van der Waals surface area contributed by atoms with Gasteiger partial charge < -0.3 is 5.32 Å². The summed E-state index contributed by atoms with van der Waals surface area (Å²) in [5.74, 6) is -0.336. The third-order valence-corrected chi connectivity index (χ3v) is 6.18. The van der Waals surface area contributed by atoms with Crippen molar-refractivity contribution in [1.82, 2.24) is 5.32 Å². The fourth-order valence-corrected chi connectivity index (χ4v) is 4.55. The minimum Gasteiger partial charge on any atom is -0.354 e. The molecule has 1 amide bonds. The minimum absolute atomic E-state index is 0.270. The summed E-state index contributed by atoms with van der Waals surface area (Å²) in [5.41, 5.74) is 2.76. The molecule has 0 aliphatic heterocycles. The summed E-state index contributed by atoms with van der Waals surface area (Å²) < 4.78 is 39.0. The fraction of sp³-hybridized carbons (Fsp3) is 0.435. The van der Waals surface area contributed by atoms with Crippen LogP contribution < -0.4 is 9.62 Å². The first-order chi connectivity index (χ1) is 14.1. The van der Waals surface area contributed by atoms with Crippen LogP contribution in [0.5, 0.6) is 0 Å². The predicted octanol–water partition coefficient (Wildman–Crippen LogP) is 4.24. The Labute approximate surface area is 179 Å². The van der Waals surface area contributed by atoms with E-state index in [1.807, 2.05) is 0 Å². The molecule has 0 aromatic heterocycles. The van der Waals surface area contributed by atoms with Crippen LogP contribution in [0.1, 0.15) is 50.7 Å². The van der Waals surface area contributed by atoms with Gasteiger partial charge in [-0.2, -0.15) is 0 Å². The molecule has 1 N–H and O–H groups in total. The minimum atomic E-state index is -3.72. The Morgan fingerprint density at radius 1 is 1.07 bits per heavy atom. The van der Waals surface area contributed by atoms with Crippen molar-refractivity contribution in [2.75, 3.05) is 17.1 Å². The molecule has 5 nitrogen and oxygen atoms in total. The number of rotatable bonds is 10. The molecule has 164 valence electrons. The zero-order chi connectivity index (χ0) is 22.3. The first-order valence-electron chi connectivity index (χ1n) is 10.2.